The molecule has 2 aromatic rings. The minimum atomic E-state index is 0.0144. The fourth-order valence-electron chi connectivity index (χ4n) is 2.76. The molecule has 3 rings (SSSR count). The third-order valence-corrected chi connectivity index (χ3v) is 5.49. The Kier molecular flexibility index (Phi) is 6.26. The Bertz CT molecular complexity index is 665. The summed E-state index contributed by atoms with van der Waals surface area (Å²) in [6.07, 6.45) is 0.987. The molecule has 0 spiro atoms. The van der Waals surface area contributed by atoms with Crippen molar-refractivity contribution in [2.75, 3.05) is 39.3 Å². The van der Waals surface area contributed by atoms with Gasteiger partial charge in [-0.2, -0.15) is 0 Å². The van der Waals surface area contributed by atoms with Crippen LogP contribution in [0.1, 0.15) is 16.1 Å². The van der Waals surface area contributed by atoms with E-state index in [1.165, 1.54) is 11.3 Å². The average Bonchev–Trinajstić information content (AvgIpc) is 3.10. The number of piperazine rings is 1. The van der Waals surface area contributed by atoms with Gasteiger partial charge in [-0.3, -0.25) is 4.79 Å². The van der Waals surface area contributed by atoms with Gasteiger partial charge in [0.1, 0.15) is 0 Å². The molecule has 2 N–H and O–H groups in total. The van der Waals surface area contributed by atoms with E-state index in [1.54, 1.807) is 0 Å². The molecule has 24 heavy (non-hydrogen) atoms. The molecule has 0 atom stereocenters. The number of carbonyl (C=O) groups is 1. The van der Waals surface area contributed by atoms with Crippen LogP contribution in [0.3, 0.4) is 0 Å². The summed E-state index contributed by atoms with van der Waals surface area (Å²) >= 11 is 7.43. The summed E-state index contributed by atoms with van der Waals surface area (Å²) in [4.78, 5) is 16.5. The van der Waals surface area contributed by atoms with Gasteiger partial charge < -0.3 is 15.5 Å². The van der Waals surface area contributed by atoms with Gasteiger partial charge in [-0.1, -0.05) is 23.7 Å². The molecule has 1 saturated heterocycles. The average molecular weight is 364 g/mol. The minimum absolute atomic E-state index is 0.0144. The minimum Gasteiger partial charge on any atom is -0.351 e. The Balaban J connectivity index is 1.46. The summed E-state index contributed by atoms with van der Waals surface area (Å²) in [6.45, 7) is 6.09. The Morgan fingerprint density at radius 2 is 1.92 bits per heavy atom. The Morgan fingerprint density at radius 3 is 2.67 bits per heavy atom. The summed E-state index contributed by atoms with van der Waals surface area (Å²) in [5.74, 6) is 0.0144. The summed E-state index contributed by atoms with van der Waals surface area (Å²) in [6, 6.07) is 11.6. The van der Waals surface area contributed by atoms with Gasteiger partial charge in [0, 0.05) is 42.6 Å². The highest BCUT2D eigenvalue weighted by molar-refractivity contribution is 7.17. The van der Waals surface area contributed by atoms with E-state index in [2.05, 4.69) is 15.5 Å². The van der Waals surface area contributed by atoms with Gasteiger partial charge in [0.25, 0.3) is 5.91 Å². The molecule has 128 valence electrons. The van der Waals surface area contributed by atoms with E-state index < -0.39 is 0 Å². The van der Waals surface area contributed by atoms with E-state index in [-0.39, 0.29) is 5.91 Å². The molecule has 1 fully saturated rings. The molecule has 6 heteroatoms. The van der Waals surface area contributed by atoms with Crippen molar-refractivity contribution in [2.45, 2.75) is 6.42 Å². The first-order valence-electron chi connectivity index (χ1n) is 8.29. The fraction of sp³-hybridized carbons (Fsp3) is 0.389. The Hall–Kier alpha value is -1.40. The predicted molar refractivity (Wildman–Crippen MR) is 101 cm³/mol. The Morgan fingerprint density at radius 1 is 1.17 bits per heavy atom. The van der Waals surface area contributed by atoms with Gasteiger partial charge in [-0.25, -0.2) is 0 Å². The summed E-state index contributed by atoms with van der Waals surface area (Å²) in [5, 5.41) is 7.09. The van der Waals surface area contributed by atoms with Crippen LogP contribution in [-0.4, -0.2) is 50.1 Å². The molecular weight excluding hydrogens is 342 g/mol. The number of hydrogen-bond acceptors (Lipinski definition) is 4. The van der Waals surface area contributed by atoms with E-state index >= 15 is 0 Å². The highest BCUT2D eigenvalue weighted by Gasteiger charge is 2.11. The van der Waals surface area contributed by atoms with E-state index in [4.69, 9.17) is 11.6 Å². The zero-order valence-electron chi connectivity index (χ0n) is 13.6. The van der Waals surface area contributed by atoms with Gasteiger partial charge in [0.2, 0.25) is 0 Å². The number of halogens is 1. The molecular formula is C18H22ClN3OS. The lowest BCUT2D eigenvalue weighted by molar-refractivity contribution is 0.0955. The van der Waals surface area contributed by atoms with Crippen molar-refractivity contribution in [3.05, 3.63) is 46.3 Å². The van der Waals surface area contributed by atoms with Crippen LogP contribution in [0.5, 0.6) is 0 Å². The summed E-state index contributed by atoms with van der Waals surface area (Å²) < 4.78 is 0. The maximum atomic E-state index is 12.2. The van der Waals surface area contributed by atoms with Crippen LogP contribution in [0.2, 0.25) is 5.02 Å². The molecule has 2 heterocycles. The highest BCUT2D eigenvalue weighted by atomic mass is 35.5. The van der Waals surface area contributed by atoms with Crippen molar-refractivity contribution in [1.82, 2.24) is 15.5 Å². The number of rotatable bonds is 6. The molecule has 0 unspecified atom stereocenters. The Labute approximate surface area is 151 Å². The number of benzene rings is 1. The van der Waals surface area contributed by atoms with Crippen LogP contribution in [0.25, 0.3) is 10.4 Å². The first-order chi connectivity index (χ1) is 11.7. The van der Waals surface area contributed by atoms with E-state index in [0.717, 1.165) is 66.0 Å². The molecule has 0 bridgehead atoms. The normalized spacial score (nSPS) is 15.4. The number of amides is 1. The van der Waals surface area contributed by atoms with E-state index in [1.807, 2.05) is 36.4 Å². The quantitative estimate of drug-likeness (QED) is 0.775. The van der Waals surface area contributed by atoms with Crippen molar-refractivity contribution in [3.8, 4) is 10.4 Å². The van der Waals surface area contributed by atoms with Crippen LogP contribution < -0.4 is 10.6 Å². The van der Waals surface area contributed by atoms with Crippen molar-refractivity contribution < 1.29 is 4.79 Å². The van der Waals surface area contributed by atoms with Gasteiger partial charge in [-0.15, -0.1) is 11.3 Å². The number of nitrogens with one attached hydrogen (secondary N) is 2. The maximum Gasteiger partial charge on any atom is 0.261 e. The van der Waals surface area contributed by atoms with Crippen LogP contribution in [0, 0.1) is 0 Å². The maximum absolute atomic E-state index is 12.2. The van der Waals surface area contributed by atoms with Gasteiger partial charge in [0.05, 0.1) is 4.88 Å². The van der Waals surface area contributed by atoms with Crippen LogP contribution in [0.15, 0.2) is 36.4 Å². The predicted octanol–water partition coefficient (Wildman–Crippen LogP) is 3.09. The lowest BCUT2D eigenvalue weighted by Gasteiger charge is -2.27. The zero-order valence-corrected chi connectivity index (χ0v) is 15.1. The molecule has 4 nitrogen and oxygen atoms in total. The zero-order chi connectivity index (χ0) is 16.8. The van der Waals surface area contributed by atoms with Crippen molar-refractivity contribution in [2.24, 2.45) is 0 Å². The fourth-order valence-corrected chi connectivity index (χ4v) is 3.81. The first-order valence-corrected chi connectivity index (χ1v) is 9.49. The van der Waals surface area contributed by atoms with Crippen molar-refractivity contribution in [1.29, 1.82) is 0 Å². The van der Waals surface area contributed by atoms with Crippen molar-refractivity contribution in [3.63, 3.8) is 0 Å². The molecule has 0 saturated carbocycles. The molecule has 0 aliphatic carbocycles. The second kappa shape index (κ2) is 8.62. The molecule has 1 amide bonds. The smallest absolute Gasteiger partial charge is 0.261 e. The molecule has 0 radical (unpaired) electrons. The van der Waals surface area contributed by atoms with E-state index in [0.29, 0.717) is 0 Å². The molecule has 1 aromatic carbocycles. The summed E-state index contributed by atoms with van der Waals surface area (Å²) in [5.41, 5.74) is 1.09. The third kappa shape index (κ3) is 4.80. The van der Waals surface area contributed by atoms with Crippen LogP contribution in [-0.2, 0) is 0 Å². The highest BCUT2D eigenvalue weighted by Crippen LogP contribution is 2.28. The summed E-state index contributed by atoms with van der Waals surface area (Å²) in [7, 11) is 0. The number of carbonyl (C=O) groups excluding carboxylic acids is 1. The van der Waals surface area contributed by atoms with Crippen molar-refractivity contribution >= 4 is 28.8 Å². The molecule has 1 aliphatic heterocycles. The van der Waals surface area contributed by atoms with E-state index in [9.17, 15) is 4.79 Å². The van der Waals surface area contributed by atoms with Gasteiger partial charge in [-0.05, 0) is 42.8 Å². The molecule has 1 aliphatic rings. The van der Waals surface area contributed by atoms with Crippen LogP contribution >= 0.6 is 22.9 Å². The lowest BCUT2D eigenvalue weighted by atomic mass is 10.2. The first kappa shape index (κ1) is 17.4. The van der Waals surface area contributed by atoms with Gasteiger partial charge in [0.15, 0.2) is 0 Å². The third-order valence-electron chi connectivity index (χ3n) is 4.10. The largest absolute Gasteiger partial charge is 0.351 e. The second-order valence-electron chi connectivity index (χ2n) is 5.87. The topological polar surface area (TPSA) is 44.4 Å². The molecule has 1 aromatic heterocycles. The lowest BCUT2D eigenvalue weighted by Crippen LogP contribution is -2.44. The number of nitrogens with zero attached hydrogens (tertiary/aromatic N) is 1. The number of hydrogen-bond donors (Lipinski definition) is 2. The number of thiophene rings is 1. The standard InChI is InChI=1S/C18H22ClN3OS/c19-15-4-2-14(3-5-15)16-6-7-17(24-16)18(23)21-8-1-11-22-12-9-20-10-13-22/h2-7,20H,1,8-13H2,(H,21,23). The monoisotopic (exact) mass is 363 g/mol. The van der Waals surface area contributed by atoms with Gasteiger partial charge >= 0.3 is 0 Å². The SMILES string of the molecule is O=C(NCCCN1CCNCC1)c1ccc(-c2ccc(Cl)cc2)s1. The van der Waals surface area contributed by atoms with Crippen LogP contribution in [0.4, 0.5) is 0 Å². The second-order valence-corrected chi connectivity index (χ2v) is 7.39.